The van der Waals surface area contributed by atoms with Crippen LogP contribution >= 0.6 is 11.6 Å². The summed E-state index contributed by atoms with van der Waals surface area (Å²) in [6, 6.07) is 9.16. The second-order valence-electron chi connectivity index (χ2n) is 3.65. The largest absolute Gasteiger partial charge is 0.472 e. The predicted molar refractivity (Wildman–Crippen MR) is 62.6 cm³/mol. The third-order valence-electron chi connectivity index (χ3n) is 2.27. The molecule has 0 fully saturated rings. The van der Waals surface area contributed by atoms with Crippen LogP contribution in [-0.4, -0.2) is 5.78 Å². The fourth-order valence-corrected chi connectivity index (χ4v) is 1.77. The molecule has 1 aromatic heterocycles. The van der Waals surface area contributed by atoms with Crippen molar-refractivity contribution in [2.75, 3.05) is 0 Å². The van der Waals surface area contributed by atoms with Crippen molar-refractivity contribution in [1.82, 2.24) is 0 Å². The quantitative estimate of drug-likeness (QED) is 0.813. The first kappa shape index (κ1) is 11.0. The lowest BCUT2D eigenvalue weighted by molar-refractivity contribution is -0.117. The van der Waals surface area contributed by atoms with E-state index in [4.69, 9.17) is 16.0 Å². The van der Waals surface area contributed by atoms with Crippen molar-refractivity contribution in [2.45, 2.75) is 12.8 Å². The highest BCUT2D eigenvalue weighted by molar-refractivity contribution is 6.30. The summed E-state index contributed by atoms with van der Waals surface area (Å²) < 4.78 is 4.91. The Bertz CT molecular complexity index is 474. The Labute approximate surface area is 98.8 Å². The van der Waals surface area contributed by atoms with Crippen LogP contribution in [0.3, 0.4) is 0 Å². The van der Waals surface area contributed by atoms with E-state index in [0.717, 1.165) is 11.1 Å². The standard InChI is InChI=1S/C13H11ClO2/c14-12-3-1-2-10(6-12)7-13(15)8-11-4-5-16-9-11/h1-6,9H,7-8H2. The van der Waals surface area contributed by atoms with E-state index in [1.165, 1.54) is 0 Å². The van der Waals surface area contributed by atoms with Crippen molar-refractivity contribution in [3.8, 4) is 0 Å². The molecule has 0 saturated heterocycles. The van der Waals surface area contributed by atoms with E-state index in [1.807, 2.05) is 18.2 Å². The van der Waals surface area contributed by atoms with Gasteiger partial charge in [-0.2, -0.15) is 0 Å². The van der Waals surface area contributed by atoms with E-state index in [2.05, 4.69) is 0 Å². The summed E-state index contributed by atoms with van der Waals surface area (Å²) in [5.41, 5.74) is 1.85. The monoisotopic (exact) mass is 234 g/mol. The molecule has 0 aliphatic rings. The van der Waals surface area contributed by atoms with Gasteiger partial charge in [0.1, 0.15) is 5.78 Å². The van der Waals surface area contributed by atoms with Crippen LogP contribution < -0.4 is 0 Å². The SMILES string of the molecule is O=C(Cc1ccoc1)Cc1cccc(Cl)c1. The highest BCUT2D eigenvalue weighted by Crippen LogP contribution is 2.12. The number of hydrogen-bond donors (Lipinski definition) is 0. The van der Waals surface area contributed by atoms with Crippen molar-refractivity contribution < 1.29 is 9.21 Å². The molecule has 0 N–H and O–H groups in total. The Balaban J connectivity index is 1.97. The fourth-order valence-electron chi connectivity index (χ4n) is 1.56. The second kappa shape index (κ2) is 4.99. The summed E-state index contributed by atoms with van der Waals surface area (Å²) >= 11 is 5.84. The molecule has 0 saturated carbocycles. The Morgan fingerprint density at radius 3 is 2.69 bits per heavy atom. The molecule has 0 spiro atoms. The first-order chi connectivity index (χ1) is 7.74. The average molecular weight is 235 g/mol. The molecule has 0 aliphatic carbocycles. The Morgan fingerprint density at radius 2 is 2.00 bits per heavy atom. The number of carbonyl (C=O) groups is 1. The van der Waals surface area contributed by atoms with E-state index in [-0.39, 0.29) is 5.78 Å². The number of rotatable bonds is 4. The molecule has 82 valence electrons. The second-order valence-corrected chi connectivity index (χ2v) is 4.09. The molecule has 0 aliphatic heterocycles. The number of hydrogen-bond acceptors (Lipinski definition) is 2. The minimum Gasteiger partial charge on any atom is -0.472 e. The van der Waals surface area contributed by atoms with Crippen LogP contribution in [0.25, 0.3) is 0 Å². The summed E-state index contributed by atoms with van der Waals surface area (Å²) in [7, 11) is 0. The minimum absolute atomic E-state index is 0.156. The third-order valence-corrected chi connectivity index (χ3v) is 2.51. The lowest BCUT2D eigenvalue weighted by atomic mass is 10.0. The number of Topliss-reactive ketones (excluding diaryl/α,β-unsaturated/α-hetero) is 1. The molecule has 0 unspecified atom stereocenters. The molecule has 16 heavy (non-hydrogen) atoms. The van der Waals surface area contributed by atoms with Crippen LogP contribution in [0.1, 0.15) is 11.1 Å². The van der Waals surface area contributed by atoms with Crippen LogP contribution in [0, 0.1) is 0 Å². The smallest absolute Gasteiger partial charge is 0.141 e. The summed E-state index contributed by atoms with van der Waals surface area (Å²) in [6.07, 6.45) is 3.98. The molecule has 0 atom stereocenters. The van der Waals surface area contributed by atoms with Crippen LogP contribution in [0.5, 0.6) is 0 Å². The van der Waals surface area contributed by atoms with E-state index < -0.39 is 0 Å². The molecule has 2 aromatic rings. The minimum atomic E-state index is 0.156. The topological polar surface area (TPSA) is 30.2 Å². The summed E-state index contributed by atoms with van der Waals surface area (Å²) in [5.74, 6) is 0.156. The van der Waals surface area contributed by atoms with Gasteiger partial charge < -0.3 is 4.42 Å². The van der Waals surface area contributed by atoms with Gasteiger partial charge in [0, 0.05) is 17.9 Å². The Kier molecular flexibility index (Phi) is 3.42. The molecule has 1 aromatic carbocycles. The maximum absolute atomic E-state index is 11.7. The van der Waals surface area contributed by atoms with Gasteiger partial charge in [0.25, 0.3) is 0 Å². The van der Waals surface area contributed by atoms with Gasteiger partial charge in [-0.1, -0.05) is 23.7 Å². The number of benzene rings is 1. The van der Waals surface area contributed by atoms with Gasteiger partial charge in [0.2, 0.25) is 0 Å². The predicted octanol–water partition coefficient (Wildman–Crippen LogP) is 3.29. The van der Waals surface area contributed by atoms with Gasteiger partial charge in [0.15, 0.2) is 0 Å². The Morgan fingerprint density at radius 1 is 1.19 bits per heavy atom. The van der Waals surface area contributed by atoms with Crippen molar-refractivity contribution >= 4 is 17.4 Å². The molecule has 0 amide bonds. The zero-order chi connectivity index (χ0) is 11.4. The molecule has 2 rings (SSSR count). The lowest BCUT2D eigenvalue weighted by Gasteiger charge is -2.00. The molecule has 3 heteroatoms. The molecule has 1 heterocycles. The first-order valence-electron chi connectivity index (χ1n) is 5.01. The summed E-state index contributed by atoms with van der Waals surface area (Å²) in [6.45, 7) is 0. The van der Waals surface area contributed by atoms with Gasteiger partial charge in [-0.25, -0.2) is 0 Å². The highest BCUT2D eigenvalue weighted by Gasteiger charge is 2.06. The summed E-state index contributed by atoms with van der Waals surface area (Å²) in [5, 5.41) is 0.661. The zero-order valence-electron chi connectivity index (χ0n) is 8.65. The van der Waals surface area contributed by atoms with Crippen LogP contribution in [-0.2, 0) is 17.6 Å². The first-order valence-corrected chi connectivity index (χ1v) is 5.39. The zero-order valence-corrected chi connectivity index (χ0v) is 9.41. The van der Waals surface area contributed by atoms with Gasteiger partial charge >= 0.3 is 0 Å². The molecular formula is C13H11ClO2. The number of halogens is 1. The van der Waals surface area contributed by atoms with Gasteiger partial charge in [-0.05, 0) is 29.3 Å². The van der Waals surface area contributed by atoms with Crippen LogP contribution in [0.4, 0.5) is 0 Å². The van der Waals surface area contributed by atoms with Crippen LogP contribution in [0.15, 0.2) is 47.3 Å². The maximum atomic E-state index is 11.7. The van der Waals surface area contributed by atoms with Crippen molar-refractivity contribution in [2.24, 2.45) is 0 Å². The Hall–Kier alpha value is -1.54. The summed E-state index contributed by atoms with van der Waals surface area (Å²) in [4.78, 5) is 11.7. The van der Waals surface area contributed by atoms with Crippen molar-refractivity contribution in [3.05, 3.63) is 59.0 Å². The molecule has 2 nitrogen and oxygen atoms in total. The number of ketones is 1. The third kappa shape index (κ3) is 2.97. The average Bonchev–Trinajstić information content (AvgIpc) is 2.70. The van der Waals surface area contributed by atoms with Crippen LogP contribution in [0.2, 0.25) is 5.02 Å². The molecule has 0 bridgehead atoms. The molecule has 0 radical (unpaired) electrons. The van der Waals surface area contributed by atoms with E-state index in [9.17, 15) is 4.79 Å². The lowest BCUT2D eigenvalue weighted by Crippen LogP contribution is -2.05. The van der Waals surface area contributed by atoms with Crippen molar-refractivity contribution in [3.63, 3.8) is 0 Å². The highest BCUT2D eigenvalue weighted by atomic mass is 35.5. The maximum Gasteiger partial charge on any atom is 0.141 e. The van der Waals surface area contributed by atoms with Crippen molar-refractivity contribution in [1.29, 1.82) is 0 Å². The van der Waals surface area contributed by atoms with E-state index >= 15 is 0 Å². The molecular weight excluding hydrogens is 224 g/mol. The van der Waals surface area contributed by atoms with E-state index in [1.54, 1.807) is 24.7 Å². The number of furan rings is 1. The fraction of sp³-hybridized carbons (Fsp3) is 0.154. The van der Waals surface area contributed by atoms with Gasteiger partial charge in [-0.15, -0.1) is 0 Å². The van der Waals surface area contributed by atoms with E-state index in [0.29, 0.717) is 17.9 Å². The normalized spacial score (nSPS) is 10.3. The number of carbonyl (C=O) groups excluding carboxylic acids is 1. The van der Waals surface area contributed by atoms with Gasteiger partial charge in [0.05, 0.1) is 12.5 Å². The van der Waals surface area contributed by atoms with Gasteiger partial charge in [-0.3, -0.25) is 4.79 Å².